The van der Waals surface area contributed by atoms with Crippen molar-refractivity contribution in [1.29, 1.82) is 0 Å². The number of benzene rings is 1. The van der Waals surface area contributed by atoms with Crippen LogP contribution in [0.2, 0.25) is 0 Å². The van der Waals surface area contributed by atoms with Gasteiger partial charge in [-0.3, -0.25) is 14.6 Å². The predicted molar refractivity (Wildman–Crippen MR) is 89.8 cm³/mol. The van der Waals surface area contributed by atoms with Crippen LogP contribution < -0.4 is 0 Å². The van der Waals surface area contributed by atoms with Gasteiger partial charge in [-0.1, -0.05) is 15.9 Å². The third-order valence-electron chi connectivity index (χ3n) is 3.83. The average molecular weight is 374 g/mol. The largest absolute Gasteiger partial charge is 0.274 e. The standard InChI is InChI=1S/C17H16BrN3O2/c1-12-15(4-2-9-19-12)17(23)21-11-3-10-20(21)16(22)13-5-7-14(18)8-6-13/h2,4-9H,3,10-11H2,1H3. The summed E-state index contributed by atoms with van der Waals surface area (Å²) in [4.78, 5) is 29.6. The van der Waals surface area contributed by atoms with E-state index in [0.29, 0.717) is 29.9 Å². The van der Waals surface area contributed by atoms with Crippen LogP contribution in [0.1, 0.15) is 32.8 Å². The number of halogens is 1. The van der Waals surface area contributed by atoms with Gasteiger partial charge in [0.25, 0.3) is 11.8 Å². The molecule has 0 spiro atoms. The molecular formula is C17H16BrN3O2. The summed E-state index contributed by atoms with van der Waals surface area (Å²) in [5, 5.41) is 3.05. The van der Waals surface area contributed by atoms with Crippen molar-refractivity contribution >= 4 is 27.7 Å². The predicted octanol–water partition coefficient (Wildman–Crippen LogP) is 3.06. The number of aryl methyl sites for hydroxylation is 1. The topological polar surface area (TPSA) is 53.5 Å². The summed E-state index contributed by atoms with van der Waals surface area (Å²) in [6.07, 6.45) is 2.42. The highest BCUT2D eigenvalue weighted by atomic mass is 79.9. The number of hydrogen-bond acceptors (Lipinski definition) is 3. The van der Waals surface area contributed by atoms with Gasteiger partial charge in [0.05, 0.1) is 11.3 Å². The Bertz CT molecular complexity index is 746. The van der Waals surface area contributed by atoms with E-state index < -0.39 is 0 Å². The Kier molecular flexibility index (Phi) is 4.43. The summed E-state index contributed by atoms with van der Waals surface area (Å²) in [6.45, 7) is 2.87. The molecule has 0 saturated carbocycles. The number of carbonyl (C=O) groups is 2. The van der Waals surface area contributed by atoms with Crippen LogP contribution >= 0.6 is 15.9 Å². The Balaban J connectivity index is 1.85. The maximum atomic E-state index is 12.8. The molecule has 2 aromatic rings. The first-order chi connectivity index (χ1) is 11.1. The molecule has 0 N–H and O–H groups in total. The lowest BCUT2D eigenvalue weighted by Crippen LogP contribution is -2.45. The Morgan fingerprint density at radius 3 is 2.35 bits per heavy atom. The molecule has 118 valence electrons. The second-order valence-corrected chi connectivity index (χ2v) is 6.27. The number of carbonyl (C=O) groups excluding carboxylic acids is 2. The van der Waals surface area contributed by atoms with E-state index >= 15 is 0 Å². The van der Waals surface area contributed by atoms with E-state index in [1.165, 1.54) is 10.0 Å². The summed E-state index contributed by atoms with van der Waals surface area (Å²) >= 11 is 3.36. The van der Waals surface area contributed by atoms with Gasteiger partial charge in [-0.15, -0.1) is 0 Å². The zero-order valence-electron chi connectivity index (χ0n) is 12.7. The summed E-state index contributed by atoms with van der Waals surface area (Å²) in [5.74, 6) is -0.344. The van der Waals surface area contributed by atoms with E-state index in [1.807, 2.05) is 12.1 Å². The highest BCUT2D eigenvalue weighted by Gasteiger charge is 2.32. The fraction of sp³-hybridized carbons (Fsp3) is 0.235. The van der Waals surface area contributed by atoms with Crippen LogP contribution in [0, 0.1) is 6.92 Å². The number of rotatable bonds is 2. The summed E-state index contributed by atoms with van der Waals surface area (Å²) in [7, 11) is 0. The first kappa shape index (κ1) is 15.7. The molecule has 1 aromatic heterocycles. The van der Waals surface area contributed by atoms with Gasteiger partial charge in [0.15, 0.2) is 0 Å². The van der Waals surface area contributed by atoms with Gasteiger partial charge >= 0.3 is 0 Å². The second kappa shape index (κ2) is 6.50. The van der Waals surface area contributed by atoms with E-state index in [0.717, 1.165) is 10.9 Å². The quantitative estimate of drug-likeness (QED) is 0.812. The van der Waals surface area contributed by atoms with Crippen LogP contribution in [0.3, 0.4) is 0 Å². The molecule has 0 radical (unpaired) electrons. The molecule has 1 saturated heterocycles. The number of aromatic nitrogens is 1. The van der Waals surface area contributed by atoms with Crippen LogP contribution in [0.25, 0.3) is 0 Å². The van der Waals surface area contributed by atoms with E-state index in [2.05, 4.69) is 20.9 Å². The lowest BCUT2D eigenvalue weighted by atomic mass is 10.2. The molecule has 5 nitrogen and oxygen atoms in total. The molecule has 0 bridgehead atoms. The second-order valence-electron chi connectivity index (χ2n) is 5.35. The molecule has 0 atom stereocenters. The van der Waals surface area contributed by atoms with Crippen LogP contribution in [-0.2, 0) is 0 Å². The van der Waals surface area contributed by atoms with Gasteiger partial charge in [-0.05, 0) is 49.7 Å². The third-order valence-corrected chi connectivity index (χ3v) is 4.36. The zero-order chi connectivity index (χ0) is 16.4. The van der Waals surface area contributed by atoms with Crippen molar-refractivity contribution in [1.82, 2.24) is 15.0 Å². The Morgan fingerprint density at radius 1 is 1.04 bits per heavy atom. The maximum absolute atomic E-state index is 12.8. The first-order valence-electron chi connectivity index (χ1n) is 7.39. The molecule has 23 heavy (non-hydrogen) atoms. The van der Waals surface area contributed by atoms with E-state index in [9.17, 15) is 9.59 Å². The molecule has 1 aromatic carbocycles. The monoisotopic (exact) mass is 373 g/mol. The first-order valence-corrected chi connectivity index (χ1v) is 8.18. The molecule has 1 aliphatic heterocycles. The maximum Gasteiger partial charge on any atom is 0.274 e. The third kappa shape index (κ3) is 3.12. The number of nitrogens with zero attached hydrogens (tertiary/aromatic N) is 3. The van der Waals surface area contributed by atoms with Gasteiger partial charge in [0.2, 0.25) is 0 Å². The normalized spacial score (nSPS) is 14.2. The van der Waals surface area contributed by atoms with Crippen molar-refractivity contribution in [2.45, 2.75) is 13.3 Å². The van der Waals surface area contributed by atoms with Crippen molar-refractivity contribution in [2.24, 2.45) is 0 Å². The minimum Gasteiger partial charge on any atom is -0.267 e. The Labute approximate surface area is 143 Å². The smallest absolute Gasteiger partial charge is 0.267 e. The van der Waals surface area contributed by atoms with Crippen molar-refractivity contribution in [3.05, 3.63) is 63.9 Å². The molecular weight excluding hydrogens is 358 g/mol. The molecule has 1 aliphatic rings. The fourth-order valence-electron chi connectivity index (χ4n) is 2.62. The van der Waals surface area contributed by atoms with E-state index in [-0.39, 0.29) is 11.8 Å². The number of hydrazine groups is 1. The molecule has 6 heteroatoms. The van der Waals surface area contributed by atoms with Gasteiger partial charge in [-0.2, -0.15) is 0 Å². The van der Waals surface area contributed by atoms with Gasteiger partial charge in [0.1, 0.15) is 0 Å². The highest BCUT2D eigenvalue weighted by Crippen LogP contribution is 2.20. The lowest BCUT2D eigenvalue weighted by Gasteiger charge is -2.28. The Hall–Kier alpha value is -2.21. The van der Waals surface area contributed by atoms with Gasteiger partial charge in [0, 0.05) is 29.3 Å². The van der Waals surface area contributed by atoms with Crippen molar-refractivity contribution in [3.8, 4) is 0 Å². The molecule has 2 heterocycles. The molecule has 1 fully saturated rings. The highest BCUT2D eigenvalue weighted by molar-refractivity contribution is 9.10. The fourth-order valence-corrected chi connectivity index (χ4v) is 2.89. The van der Waals surface area contributed by atoms with Gasteiger partial charge < -0.3 is 0 Å². The molecule has 2 amide bonds. The minimum atomic E-state index is -0.182. The molecule has 0 aliphatic carbocycles. The van der Waals surface area contributed by atoms with Crippen LogP contribution in [-0.4, -0.2) is 39.9 Å². The summed E-state index contributed by atoms with van der Waals surface area (Å²) in [6, 6.07) is 10.6. The van der Waals surface area contributed by atoms with E-state index in [4.69, 9.17) is 0 Å². The van der Waals surface area contributed by atoms with Crippen LogP contribution in [0.15, 0.2) is 47.1 Å². The van der Waals surface area contributed by atoms with Crippen LogP contribution in [0.5, 0.6) is 0 Å². The number of amides is 2. The van der Waals surface area contributed by atoms with Crippen molar-refractivity contribution in [2.75, 3.05) is 13.1 Å². The SMILES string of the molecule is Cc1ncccc1C(=O)N1CCCN1C(=O)c1ccc(Br)cc1. The summed E-state index contributed by atoms with van der Waals surface area (Å²) in [5.41, 5.74) is 1.76. The number of hydrogen-bond donors (Lipinski definition) is 0. The van der Waals surface area contributed by atoms with Crippen molar-refractivity contribution < 1.29 is 9.59 Å². The molecule has 0 unspecified atom stereocenters. The van der Waals surface area contributed by atoms with E-state index in [1.54, 1.807) is 37.4 Å². The minimum absolute atomic E-state index is 0.162. The lowest BCUT2D eigenvalue weighted by molar-refractivity contribution is 0.0185. The summed E-state index contributed by atoms with van der Waals surface area (Å²) < 4.78 is 0.911. The molecule has 3 rings (SSSR count). The Morgan fingerprint density at radius 2 is 1.70 bits per heavy atom. The van der Waals surface area contributed by atoms with Gasteiger partial charge in [-0.25, -0.2) is 10.0 Å². The average Bonchev–Trinajstić information content (AvgIpc) is 3.04. The number of pyridine rings is 1. The van der Waals surface area contributed by atoms with Crippen molar-refractivity contribution in [3.63, 3.8) is 0 Å². The zero-order valence-corrected chi connectivity index (χ0v) is 14.3. The van der Waals surface area contributed by atoms with Crippen LogP contribution in [0.4, 0.5) is 0 Å².